The highest BCUT2D eigenvalue weighted by atomic mass is 79.9. The molecule has 0 atom stereocenters. The molecule has 0 saturated heterocycles. The van der Waals surface area contributed by atoms with Crippen LogP contribution in [-0.2, 0) is 10.0 Å². The Bertz CT molecular complexity index is 968. The molecule has 0 aromatic heterocycles. The molecular formula is C19H16BrNO3S. The van der Waals surface area contributed by atoms with Gasteiger partial charge in [0.05, 0.1) is 4.90 Å². The second kappa shape index (κ2) is 7.29. The average Bonchev–Trinajstić information content (AvgIpc) is 2.59. The van der Waals surface area contributed by atoms with Crippen LogP contribution >= 0.6 is 15.9 Å². The molecule has 0 heterocycles. The summed E-state index contributed by atoms with van der Waals surface area (Å²) in [6, 6.07) is 20.9. The zero-order chi connectivity index (χ0) is 17.9. The highest BCUT2D eigenvalue weighted by Gasteiger charge is 2.14. The molecule has 0 aliphatic carbocycles. The molecule has 0 fully saturated rings. The van der Waals surface area contributed by atoms with Crippen LogP contribution in [0.15, 0.2) is 82.2 Å². The topological polar surface area (TPSA) is 55.4 Å². The van der Waals surface area contributed by atoms with Crippen molar-refractivity contribution in [3.05, 3.63) is 82.8 Å². The molecule has 128 valence electrons. The second-order valence-corrected chi connectivity index (χ2v) is 8.05. The van der Waals surface area contributed by atoms with E-state index in [9.17, 15) is 8.42 Å². The van der Waals surface area contributed by atoms with E-state index in [1.807, 2.05) is 31.2 Å². The number of aryl methyl sites for hydroxylation is 1. The highest BCUT2D eigenvalue weighted by Crippen LogP contribution is 2.26. The van der Waals surface area contributed by atoms with Crippen LogP contribution in [0.3, 0.4) is 0 Å². The standard InChI is InChI=1S/C19H16BrNO3S/c1-14-4-2-3-5-19(14)24-17-10-12-18(13-11-17)25(22,23)21-16-8-6-15(20)7-9-16/h2-13,21H,1H3. The summed E-state index contributed by atoms with van der Waals surface area (Å²) in [5, 5.41) is 0. The van der Waals surface area contributed by atoms with Gasteiger partial charge in [-0.15, -0.1) is 0 Å². The summed E-state index contributed by atoms with van der Waals surface area (Å²) in [4.78, 5) is 0.174. The number of halogens is 1. The lowest BCUT2D eigenvalue weighted by Crippen LogP contribution is -2.12. The first-order chi connectivity index (χ1) is 11.9. The lowest BCUT2D eigenvalue weighted by atomic mass is 10.2. The van der Waals surface area contributed by atoms with Crippen molar-refractivity contribution in [3.63, 3.8) is 0 Å². The van der Waals surface area contributed by atoms with Crippen LogP contribution in [-0.4, -0.2) is 8.42 Å². The number of anilines is 1. The van der Waals surface area contributed by atoms with Crippen LogP contribution < -0.4 is 9.46 Å². The van der Waals surface area contributed by atoms with Gasteiger partial charge in [-0.3, -0.25) is 4.72 Å². The molecule has 0 aliphatic heterocycles. The van der Waals surface area contributed by atoms with Crippen molar-refractivity contribution in [2.75, 3.05) is 4.72 Å². The molecule has 0 bridgehead atoms. The smallest absolute Gasteiger partial charge is 0.261 e. The number of para-hydroxylation sites is 1. The summed E-state index contributed by atoms with van der Waals surface area (Å²) < 4.78 is 34.1. The van der Waals surface area contributed by atoms with Gasteiger partial charge in [0.2, 0.25) is 0 Å². The highest BCUT2D eigenvalue weighted by molar-refractivity contribution is 9.10. The molecule has 25 heavy (non-hydrogen) atoms. The third kappa shape index (κ3) is 4.41. The fourth-order valence-corrected chi connectivity index (χ4v) is 3.54. The first-order valence-corrected chi connectivity index (χ1v) is 9.84. The van der Waals surface area contributed by atoms with E-state index in [2.05, 4.69) is 20.7 Å². The summed E-state index contributed by atoms with van der Waals surface area (Å²) in [5.74, 6) is 1.32. The molecule has 0 radical (unpaired) electrons. The lowest BCUT2D eigenvalue weighted by Gasteiger charge is -2.10. The van der Waals surface area contributed by atoms with Crippen LogP contribution in [0.2, 0.25) is 0 Å². The Morgan fingerprint density at radius 2 is 1.52 bits per heavy atom. The molecule has 0 saturated carbocycles. The SMILES string of the molecule is Cc1ccccc1Oc1ccc(S(=O)(=O)Nc2ccc(Br)cc2)cc1. The Kier molecular flexibility index (Phi) is 5.11. The Hall–Kier alpha value is -2.31. The molecule has 3 rings (SSSR count). The van der Waals surface area contributed by atoms with Crippen molar-refractivity contribution in [2.45, 2.75) is 11.8 Å². The molecule has 0 unspecified atom stereocenters. The third-order valence-electron chi connectivity index (χ3n) is 3.55. The number of ether oxygens (including phenoxy) is 1. The maximum Gasteiger partial charge on any atom is 0.261 e. The quantitative estimate of drug-likeness (QED) is 0.608. The maximum atomic E-state index is 12.4. The van der Waals surface area contributed by atoms with Gasteiger partial charge in [0.25, 0.3) is 10.0 Å². The monoisotopic (exact) mass is 417 g/mol. The van der Waals surface area contributed by atoms with Gasteiger partial charge < -0.3 is 4.74 Å². The zero-order valence-electron chi connectivity index (χ0n) is 13.4. The van der Waals surface area contributed by atoms with E-state index in [0.717, 1.165) is 15.8 Å². The largest absolute Gasteiger partial charge is 0.457 e. The maximum absolute atomic E-state index is 12.4. The number of benzene rings is 3. The van der Waals surface area contributed by atoms with Crippen LogP contribution in [0, 0.1) is 6.92 Å². The molecular weight excluding hydrogens is 402 g/mol. The lowest BCUT2D eigenvalue weighted by molar-refractivity contribution is 0.478. The molecule has 0 aliphatic rings. The van der Waals surface area contributed by atoms with Crippen molar-refractivity contribution in [1.29, 1.82) is 0 Å². The van der Waals surface area contributed by atoms with Gasteiger partial charge in [0.15, 0.2) is 0 Å². The normalized spacial score (nSPS) is 11.1. The summed E-state index contributed by atoms with van der Waals surface area (Å²) in [6.07, 6.45) is 0. The van der Waals surface area contributed by atoms with Crippen molar-refractivity contribution in [3.8, 4) is 11.5 Å². The van der Waals surface area contributed by atoms with Crippen molar-refractivity contribution < 1.29 is 13.2 Å². The van der Waals surface area contributed by atoms with Crippen molar-refractivity contribution in [2.24, 2.45) is 0 Å². The van der Waals surface area contributed by atoms with Gasteiger partial charge in [-0.2, -0.15) is 0 Å². The Morgan fingerprint density at radius 1 is 0.880 bits per heavy atom. The number of sulfonamides is 1. The Morgan fingerprint density at radius 3 is 2.16 bits per heavy atom. The fourth-order valence-electron chi connectivity index (χ4n) is 2.22. The predicted octanol–water partition coefficient (Wildman–Crippen LogP) is 5.35. The number of nitrogens with one attached hydrogen (secondary N) is 1. The van der Waals surface area contributed by atoms with E-state index in [-0.39, 0.29) is 4.90 Å². The molecule has 3 aromatic carbocycles. The molecule has 0 spiro atoms. The van der Waals surface area contributed by atoms with Crippen molar-refractivity contribution in [1.82, 2.24) is 0 Å². The Labute approximate surface area is 155 Å². The summed E-state index contributed by atoms with van der Waals surface area (Å²) in [7, 11) is -3.64. The van der Waals surface area contributed by atoms with Gasteiger partial charge in [-0.25, -0.2) is 8.42 Å². The molecule has 6 heteroatoms. The first-order valence-electron chi connectivity index (χ1n) is 7.56. The van der Waals surface area contributed by atoms with Crippen LogP contribution in [0.5, 0.6) is 11.5 Å². The average molecular weight is 418 g/mol. The predicted molar refractivity (Wildman–Crippen MR) is 103 cm³/mol. The fraction of sp³-hybridized carbons (Fsp3) is 0.0526. The van der Waals surface area contributed by atoms with Crippen LogP contribution in [0.25, 0.3) is 0 Å². The van der Waals surface area contributed by atoms with Gasteiger partial charge in [0, 0.05) is 10.2 Å². The zero-order valence-corrected chi connectivity index (χ0v) is 15.8. The molecule has 1 N–H and O–H groups in total. The van der Waals surface area contributed by atoms with E-state index in [0.29, 0.717) is 11.4 Å². The molecule has 0 amide bonds. The van der Waals surface area contributed by atoms with Gasteiger partial charge >= 0.3 is 0 Å². The van der Waals surface area contributed by atoms with E-state index in [1.54, 1.807) is 36.4 Å². The molecule has 3 aromatic rings. The van der Waals surface area contributed by atoms with Gasteiger partial charge in [-0.1, -0.05) is 34.1 Å². The third-order valence-corrected chi connectivity index (χ3v) is 5.48. The minimum absolute atomic E-state index is 0.174. The van der Waals surface area contributed by atoms with Crippen molar-refractivity contribution >= 4 is 31.6 Å². The first kappa shape index (κ1) is 17.5. The van der Waals surface area contributed by atoms with Crippen LogP contribution in [0.4, 0.5) is 5.69 Å². The van der Waals surface area contributed by atoms with E-state index >= 15 is 0 Å². The number of hydrogen-bond donors (Lipinski definition) is 1. The Balaban J connectivity index is 1.77. The summed E-state index contributed by atoms with van der Waals surface area (Å²) in [6.45, 7) is 1.95. The number of rotatable bonds is 5. The van der Waals surface area contributed by atoms with E-state index in [4.69, 9.17) is 4.74 Å². The second-order valence-electron chi connectivity index (χ2n) is 5.45. The van der Waals surface area contributed by atoms with Crippen LogP contribution in [0.1, 0.15) is 5.56 Å². The summed E-state index contributed by atoms with van der Waals surface area (Å²) in [5.41, 5.74) is 1.51. The van der Waals surface area contributed by atoms with Gasteiger partial charge in [0.1, 0.15) is 11.5 Å². The van der Waals surface area contributed by atoms with E-state index in [1.165, 1.54) is 12.1 Å². The number of hydrogen-bond acceptors (Lipinski definition) is 3. The molecule has 4 nitrogen and oxygen atoms in total. The minimum Gasteiger partial charge on any atom is -0.457 e. The van der Waals surface area contributed by atoms with E-state index < -0.39 is 10.0 Å². The minimum atomic E-state index is -3.64. The van der Waals surface area contributed by atoms with Gasteiger partial charge in [-0.05, 0) is 67.1 Å². The summed E-state index contributed by atoms with van der Waals surface area (Å²) >= 11 is 3.32.